The number of nitro benzene ring substituents is 2. The molecule has 14 heteroatoms. The third-order valence-electron chi connectivity index (χ3n) is 4.26. The van der Waals surface area contributed by atoms with Crippen molar-refractivity contribution in [3.8, 4) is 11.5 Å². The van der Waals surface area contributed by atoms with Crippen LogP contribution in [0.4, 0.5) is 17.4 Å². The van der Waals surface area contributed by atoms with Crippen LogP contribution in [0.25, 0.3) is 11.5 Å². The minimum absolute atomic E-state index is 0.0534. The van der Waals surface area contributed by atoms with Gasteiger partial charge in [0.25, 0.3) is 17.3 Å². The van der Waals surface area contributed by atoms with Gasteiger partial charge in [-0.1, -0.05) is 11.2 Å². The average Bonchev–Trinajstić information content (AvgIpc) is 3.21. The lowest BCUT2D eigenvalue weighted by Gasteiger charge is -2.08. The fourth-order valence-corrected chi connectivity index (χ4v) is 3.68. The lowest BCUT2D eigenvalue weighted by Crippen LogP contribution is -2.13. The number of amides is 1. The first-order valence-electron chi connectivity index (χ1n) is 8.92. The molecule has 0 fully saturated rings. The molecule has 0 bridgehead atoms. The van der Waals surface area contributed by atoms with Crippen molar-refractivity contribution in [1.29, 1.82) is 0 Å². The Balaban J connectivity index is 1.87. The molecule has 1 N–H and O–H groups in total. The molecule has 0 spiro atoms. The number of benzene rings is 2. The standard InChI is InChI=1S/C18H15N5O8S/c1-10(2)32(29,30)15-5-3-4-11(8-15)17-20-21-18(31-17)19-16(24)12-6-13(22(25)26)9-14(7-12)23(27)28/h3-10H,1-2H3,(H,19,21,24). The summed E-state index contributed by atoms with van der Waals surface area (Å²) >= 11 is 0. The molecule has 3 rings (SSSR count). The molecule has 0 atom stereocenters. The molecular weight excluding hydrogens is 446 g/mol. The first kappa shape index (κ1) is 22.5. The second kappa shape index (κ2) is 8.50. The van der Waals surface area contributed by atoms with Gasteiger partial charge >= 0.3 is 6.01 Å². The van der Waals surface area contributed by atoms with Crippen LogP contribution in [0.15, 0.2) is 51.8 Å². The lowest BCUT2D eigenvalue weighted by atomic mass is 10.1. The Morgan fingerprint density at radius 3 is 2.22 bits per heavy atom. The number of hydrogen-bond acceptors (Lipinski definition) is 10. The Morgan fingerprint density at radius 2 is 1.66 bits per heavy atom. The van der Waals surface area contributed by atoms with E-state index in [1.165, 1.54) is 24.3 Å². The molecule has 0 aliphatic rings. The largest absolute Gasteiger partial charge is 0.403 e. The fourth-order valence-electron chi connectivity index (χ4n) is 2.58. The maximum absolute atomic E-state index is 12.4. The molecule has 3 aromatic rings. The van der Waals surface area contributed by atoms with E-state index in [4.69, 9.17) is 4.42 Å². The molecular formula is C18H15N5O8S. The minimum atomic E-state index is -3.55. The first-order valence-corrected chi connectivity index (χ1v) is 10.5. The van der Waals surface area contributed by atoms with E-state index < -0.39 is 48.2 Å². The summed E-state index contributed by atoms with van der Waals surface area (Å²) < 4.78 is 30.0. The van der Waals surface area contributed by atoms with Crippen LogP contribution in [0.3, 0.4) is 0 Å². The molecule has 1 heterocycles. The number of nitrogens with zero attached hydrogens (tertiary/aromatic N) is 4. The number of carbonyl (C=O) groups excluding carboxylic acids is 1. The maximum Gasteiger partial charge on any atom is 0.322 e. The molecule has 1 aromatic heterocycles. The Labute approximate surface area is 180 Å². The number of carbonyl (C=O) groups is 1. The van der Waals surface area contributed by atoms with Crippen LogP contribution in [0, 0.1) is 20.2 Å². The Bertz CT molecular complexity index is 1300. The van der Waals surface area contributed by atoms with Gasteiger partial charge in [0.1, 0.15) is 0 Å². The number of anilines is 1. The zero-order valence-corrected chi connectivity index (χ0v) is 17.4. The van der Waals surface area contributed by atoms with Crippen LogP contribution in [-0.4, -0.2) is 39.6 Å². The molecule has 0 saturated carbocycles. The van der Waals surface area contributed by atoms with Gasteiger partial charge in [-0.3, -0.25) is 30.3 Å². The smallest absolute Gasteiger partial charge is 0.322 e. The molecule has 0 radical (unpaired) electrons. The van der Waals surface area contributed by atoms with E-state index in [2.05, 4.69) is 15.5 Å². The van der Waals surface area contributed by atoms with Crippen molar-refractivity contribution in [2.45, 2.75) is 24.0 Å². The lowest BCUT2D eigenvalue weighted by molar-refractivity contribution is -0.394. The molecule has 2 aromatic carbocycles. The van der Waals surface area contributed by atoms with Crippen LogP contribution in [0.2, 0.25) is 0 Å². The van der Waals surface area contributed by atoms with Gasteiger partial charge in [-0.05, 0) is 32.0 Å². The number of nitrogens with one attached hydrogen (secondary N) is 1. The summed E-state index contributed by atoms with van der Waals surface area (Å²) in [6, 6.07) is 7.85. The number of aromatic nitrogens is 2. The van der Waals surface area contributed by atoms with E-state index in [9.17, 15) is 33.4 Å². The van der Waals surface area contributed by atoms with E-state index in [1.807, 2.05) is 0 Å². The Hall–Kier alpha value is -4.20. The molecule has 13 nitrogen and oxygen atoms in total. The Kier molecular flexibility index (Phi) is 5.98. The highest BCUT2D eigenvalue weighted by molar-refractivity contribution is 7.92. The van der Waals surface area contributed by atoms with Gasteiger partial charge in [-0.2, -0.15) is 0 Å². The number of hydrogen-bond donors (Lipinski definition) is 1. The van der Waals surface area contributed by atoms with E-state index in [0.717, 1.165) is 18.2 Å². The average molecular weight is 461 g/mol. The third-order valence-corrected chi connectivity index (χ3v) is 6.41. The van der Waals surface area contributed by atoms with Crippen molar-refractivity contribution in [1.82, 2.24) is 10.2 Å². The molecule has 0 aliphatic heterocycles. The van der Waals surface area contributed by atoms with Crippen molar-refractivity contribution in [3.05, 3.63) is 68.3 Å². The van der Waals surface area contributed by atoms with Gasteiger partial charge in [0, 0.05) is 17.7 Å². The van der Waals surface area contributed by atoms with Gasteiger partial charge in [-0.15, -0.1) is 5.10 Å². The summed E-state index contributed by atoms with van der Waals surface area (Å²) in [5.74, 6) is -1.05. The zero-order chi connectivity index (χ0) is 23.6. The third kappa shape index (κ3) is 4.59. The predicted molar refractivity (Wildman–Crippen MR) is 110 cm³/mol. The zero-order valence-electron chi connectivity index (χ0n) is 16.6. The summed E-state index contributed by atoms with van der Waals surface area (Å²) in [7, 11) is -3.55. The second-order valence-electron chi connectivity index (χ2n) is 6.74. The van der Waals surface area contributed by atoms with Crippen LogP contribution in [0.1, 0.15) is 24.2 Å². The first-order chi connectivity index (χ1) is 15.0. The SMILES string of the molecule is CC(C)S(=O)(=O)c1cccc(-c2nnc(NC(=O)c3cc([N+](=O)[O-])cc([N+](=O)[O-])c3)o2)c1. The highest BCUT2D eigenvalue weighted by Crippen LogP contribution is 2.26. The minimum Gasteiger partial charge on any atom is -0.403 e. The molecule has 1 amide bonds. The predicted octanol–water partition coefficient (Wildman–Crippen LogP) is 2.99. The highest BCUT2D eigenvalue weighted by Gasteiger charge is 2.23. The van der Waals surface area contributed by atoms with Crippen molar-refractivity contribution in [2.75, 3.05) is 5.32 Å². The van der Waals surface area contributed by atoms with Crippen molar-refractivity contribution >= 4 is 33.1 Å². The quantitative estimate of drug-likeness (QED) is 0.404. The van der Waals surface area contributed by atoms with Crippen LogP contribution in [-0.2, 0) is 9.84 Å². The molecule has 0 aliphatic carbocycles. The topological polar surface area (TPSA) is 188 Å². The van der Waals surface area contributed by atoms with E-state index in [-0.39, 0.29) is 21.9 Å². The van der Waals surface area contributed by atoms with Crippen LogP contribution >= 0.6 is 0 Å². The van der Waals surface area contributed by atoms with Gasteiger partial charge in [0.15, 0.2) is 9.84 Å². The Morgan fingerprint density at radius 1 is 1.03 bits per heavy atom. The van der Waals surface area contributed by atoms with Gasteiger partial charge in [-0.25, -0.2) is 8.42 Å². The molecule has 32 heavy (non-hydrogen) atoms. The van der Waals surface area contributed by atoms with Crippen molar-refractivity contribution in [2.24, 2.45) is 0 Å². The number of non-ortho nitro benzene ring substituents is 2. The maximum atomic E-state index is 12.4. The van der Waals surface area contributed by atoms with E-state index in [0.29, 0.717) is 0 Å². The summed E-state index contributed by atoms with van der Waals surface area (Å²) in [5.41, 5.74) is -1.36. The molecule has 166 valence electrons. The highest BCUT2D eigenvalue weighted by atomic mass is 32.2. The summed E-state index contributed by atoms with van der Waals surface area (Å²) in [5, 5.41) is 30.9. The van der Waals surface area contributed by atoms with E-state index in [1.54, 1.807) is 13.8 Å². The van der Waals surface area contributed by atoms with Gasteiger partial charge < -0.3 is 4.42 Å². The van der Waals surface area contributed by atoms with Crippen LogP contribution < -0.4 is 5.32 Å². The van der Waals surface area contributed by atoms with Crippen molar-refractivity contribution in [3.63, 3.8) is 0 Å². The summed E-state index contributed by atoms with van der Waals surface area (Å²) in [6.07, 6.45) is 0. The number of nitro groups is 2. The summed E-state index contributed by atoms with van der Waals surface area (Å²) in [6.45, 7) is 3.08. The van der Waals surface area contributed by atoms with Crippen LogP contribution in [0.5, 0.6) is 0 Å². The van der Waals surface area contributed by atoms with E-state index >= 15 is 0 Å². The molecule has 0 unspecified atom stereocenters. The monoisotopic (exact) mass is 461 g/mol. The van der Waals surface area contributed by atoms with Crippen molar-refractivity contribution < 1.29 is 27.5 Å². The van der Waals surface area contributed by atoms with Gasteiger partial charge in [0.05, 0.1) is 31.6 Å². The van der Waals surface area contributed by atoms with Gasteiger partial charge in [0.2, 0.25) is 5.89 Å². The fraction of sp³-hybridized carbons (Fsp3) is 0.167. The number of sulfone groups is 1. The number of rotatable bonds is 7. The summed E-state index contributed by atoms with van der Waals surface area (Å²) in [4.78, 5) is 32.7. The second-order valence-corrected chi connectivity index (χ2v) is 9.24. The normalized spacial score (nSPS) is 11.3. The molecule has 0 saturated heterocycles.